The Morgan fingerprint density at radius 1 is 1.39 bits per heavy atom. The van der Waals surface area contributed by atoms with E-state index in [0.29, 0.717) is 0 Å². The fourth-order valence-corrected chi connectivity index (χ4v) is 3.58. The normalized spacial score (nSPS) is 28.3. The van der Waals surface area contributed by atoms with Crippen LogP contribution in [0.3, 0.4) is 0 Å². The lowest BCUT2D eigenvalue weighted by molar-refractivity contribution is 0.312. The molecule has 2 nitrogen and oxygen atoms in total. The lowest BCUT2D eigenvalue weighted by atomic mass is 9.94. The number of aryl methyl sites for hydroxylation is 1. The second-order valence-corrected chi connectivity index (χ2v) is 6.59. The van der Waals surface area contributed by atoms with Gasteiger partial charge in [0.25, 0.3) is 0 Å². The van der Waals surface area contributed by atoms with Gasteiger partial charge in [-0.1, -0.05) is 28.1 Å². The first kappa shape index (κ1) is 12.6. The van der Waals surface area contributed by atoms with E-state index in [1.165, 1.54) is 48.1 Å². The van der Waals surface area contributed by atoms with Gasteiger partial charge in [0.05, 0.1) is 0 Å². The van der Waals surface area contributed by atoms with Crippen molar-refractivity contribution in [3.05, 3.63) is 33.8 Å². The molecule has 3 rings (SSSR count). The van der Waals surface area contributed by atoms with Gasteiger partial charge in [-0.2, -0.15) is 0 Å². The monoisotopic (exact) mass is 308 g/mol. The molecule has 0 spiro atoms. The van der Waals surface area contributed by atoms with Crippen LogP contribution in [0.2, 0.25) is 0 Å². The highest BCUT2D eigenvalue weighted by atomic mass is 79.9. The maximum Gasteiger partial charge on any atom is 0.0235 e. The third-order valence-corrected chi connectivity index (χ3v) is 5.19. The molecule has 0 radical (unpaired) electrons. The average molecular weight is 309 g/mol. The Kier molecular flexibility index (Phi) is 3.73. The van der Waals surface area contributed by atoms with Crippen LogP contribution in [0, 0.1) is 12.8 Å². The van der Waals surface area contributed by atoms with Crippen molar-refractivity contribution in [2.24, 2.45) is 5.92 Å². The molecule has 2 aliphatic heterocycles. The van der Waals surface area contributed by atoms with Crippen molar-refractivity contribution in [1.82, 2.24) is 10.2 Å². The van der Waals surface area contributed by atoms with Gasteiger partial charge in [-0.05, 0) is 49.4 Å². The van der Waals surface area contributed by atoms with E-state index in [-0.39, 0.29) is 0 Å². The summed E-state index contributed by atoms with van der Waals surface area (Å²) in [6.45, 7) is 6.97. The van der Waals surface area contributed by atoms with Gasteiger partial charge < -0.3 is 5.32 Å². The molecule has 0 saturated carbocycles. The molecule has 98 valence electrons. The molecule has 2 aliphatic rings. The van der Waals surface area contributed by atoms with E-state index >= 15 is 0 Å². The van der Waals surface area contributed by atoms with Crippen molar-refractivity contribution in [2.45, 2.75) is 32.4 Å². The van der Waals surface area contributed by atoms with Crippen molar-refractivity contribution < 1.29 is 0 Å². The zero-order valence-corrected chi connectivity index (χ0v) is 12.5. The van der Waals surface area contributed by atoms with E-state index in [1.54, 1.807) is 0 Å². The van der Waals surface area contributed by atoms with Gasteiger partial charge in [-0.3, -0.25) is 4.90 Å². The maximum atomic E-state index is 3.67. The van der Waals surface area contributed by atoms with E-state index < -0.39 is 0 Å². The molecule has 3 heteroatoms. The minimum atomic E-state index is 0.746. The summed E-state index contributed by atoms with van der Waals surface area (Å²) in [5.74, 6) is 0.885. The van der Waals surface area contributed by atoms with Crippen LogP contribution in [0.5, 0.6) is 0 Å². The van der Waals surface area contributed by atoms with Crippen LogP contribution in [0.4, 0.5) is 0 Å². The topological polar surface area (TPSA) is 15.3 Å². The zero-order chi connectivity index (χ0) is 12.5. The Bertz CT molecular complexity index is 419. The lowest BCUT2D eigenvalue weighted by Crippen LogP contribution is -2.40. The fraction of sp³-hybridized carbons (Fsp3) is 0.600. The molecule has 2 atom stereocenters. The molecule has 1 N–H and O–H groups in total. The van der Waals surface area contributed by atoms with Crippen molar-refractivity contribution >= 4 is 15.9 Å². The van der Waals surface area contributed by atoms with E-state index in [2.05, 4.69) is 51.3 Å². The van der Waals surface area contributed by atoms with Crippen LogP contribution in [0.25, 0.3) is 0 Å². The number of halogens is 1. The summed E-state index contributed by atoms with van der Waals surface area (Å²) in [7, 11) is 0. The molecule has 1 aromatic carbocycles. The number of hydrogen-bond acceptors (Lipinski definition) is 2. The molecule has 0 aliphatic carbocycles. The zero-order valence-electron chi connectivity index (χ0n) is 11.0. The minimum absolute atomic E-state index is 0.746. The number of nitrogens with zero attached hydrogens (tertiary/aromatic N) is 1. The van der Waals surface area contributed by atoms with E-state index in [4.69, 9.17) is 0 Å². The predicted octanol–water partition coefficient (Wildman–Crippen LogP) is 2.94. The average Bonchev–Trinajstić information content (AvgIpc) is 2.76. The third-order valence-electron chi connectivity index (χ3n) is 4.30. The number of rotatable bonds is 2. The summed E-state index contributed by atoms with van der Waals surface area (Å²) in [6, 6.07) is 7.47. The van der Waals surface area contributed by atoms with Gasteiger partial charge in [0.2, 0.25) is 0 Å². The van der Waals surface area contributed by atoms with Crippen LogP contribution in [0.15, 0.2) is 22.7 Å². The van der Waals surface area contributed by atoms with Crippen molar-refractivity contribution in [1.29, 1.82) is 0 Å². The summed E-state index contributed by atoms with van der Waals surface area (Å²) in [5, 5.41) is 3.67. The number of benzene rings is 1. The van der Waals surface area contributed by atoms with Gasteiger partial charge >= 0.3 is 0 Å². The standard InChI is InChI=1S/C15H21BrN2/c1-11-7-12(4-5-14(11)16)8-18-9-13-3-2-6-17-15(13)10-18/h4-5,7,13,15,17H,2-3,6,8-10H2,1H3/t13-,15+/m0/s1. The van der Waals surface area contributed by atoms with Crippen LogP contribution in [0.1, 0.15) is 24.0 Å². The molecule has 2 fully saturated rings. The second-order valence-electron chi connectivity index (χ2n) is 5.74. The Morgan fingerprint density at radius 2 is 2.28 bits per heavy atom. The van der Waals surface area contributed by atoms with Crippen LogP contribution < -0.4 is 5.32 Å². The third kappa shape index (κ3) is 2.63. The van der Waals surface area contributed by atoms with E-state index in [9.17, 15) is 0 Å². The van der Waals surface area contributed by atoms with Crippen LogP contribution in [-0.4, -0.2) is 30.6 Å². The number of fused-ring (bicyclic) bond motifs is 1. The summed E-state index contributed by atoms with van der Waals surface area (Å²) >= 11 is 3.57. The van der Waals surface area contributed by atoms with Gasteiger partial charge in [-0.25, -0.2) is 0 Å². The van der Waals surface area contributed by atoms with E-state index in [1.807, 2.05) is 0 Å². The summed E-state index contributed by atoms with van der Waals surface area (Å²) < 4.78 is 1.21. The summed E-state index contributed by atoms with van der Waals surface area (Å²) in [5.41, 5.74) is 2.77. The Labute approximate surface area is 118 Å². The second kappa shape index (κ2) is 5.32. The minimum Gasteiger partial charge on any atom is -0.312 e. The van der Waals surface area contributed by atoms with Crippen molar-refractivity contribution in [3.8, 4) is 0 Å². The highest BCUT2D eigenvalue weighted by molar-refractivity contribution is 9.10. The highest BCUT2D eigenvalue weighted by Crippen LogP contribution is 2.26. The van der Waals surface area contributed by atoms with Crippen molar-refractivity contribution in [3.63, 3.8) is 0 Å². The van der Waals surface area contributed by atoms with Gasteiger partial charge in [0, 0.05) is 30.1 Å². The first-order chi connectivity index (χ1) is 8.72. The Morgan fingerprint density at radius 3 is 3.06 bits per heavy atom. The molecule has 0 amide bonds. The molecule has 18 heavy (non-hydrogen) atoms. The predicted molar refractivity (Wildman–Crippen MR) is 78.7 cm³/mol. The first-order valence-corrected chi connectivity index (χ1v) is 7.72. The quantitative estimate of drug-likeness (QED) is 0.903. The number of nitrogens with one attached hydrogen (secondary N) is 1. The molecule has 1 aromatic rings. The molecule has 2 heterocycles. The molecular weight excluding hydrogens is 288 g/mol. The maximum absolute atomic E-state index is 3.67. The van der Waals surface area contributed by atoms with Gasteiger partial charge in [-0.15, -0.1) is 0 Å². The lowest BCUT2D eigenvalue weighted by Gasteiger charge is -2.24. The molecule has 0 unspecified atom stereocenters. The van der Waals surface area contributed by atoms with Crippen LogP contribution in [-0.2, 0) is 6.54 Å². The van der Waals surface area contributed by atoms with Crippen molar-refractivity contribution in [2.75, 3.05) is 19.6 Å². The number of hydrogen-bond donors (Lipinski definition) is 1. The molecule has 0 aromatic heterocycles. The highest BCUT2D eigenvalue weighted by Gasteiger charge is 2.33. The summed E-state index contributed by atoms with van der Waals surface area (Å²) in [4.78, 5) is 2.61. The smallest absolute Gasteiger partial charge is 0.0235 e. The van der Waals surface area contributed by atoms with E-state index in [0.717, 1.165) is 18.5 Å². The first-order valence-electron chi connectivity index (χ1n) is 6.93. The Balaban J connectivity index is 1.64. The molecule has 0 bridgehead atoms. The SMILES string of the molecule is Cc1cc(CN2C[C@@H]3CCCN[C@@H]3C2)ccc1Br. The van der Waals surface area contributed by atoms with Gasteiger partial charge in [0.1, 0.15) is 0 Å². The molecule has 2 saturated heterocycles. The Hall–Kier alpha value is -0.380. The van der Waals surface area contributed by atoms with Crippen LogP contribution >= 0.6 is 15.9 Å². The van der Waals surface area contributed by atoms with Gasteiger partial charge in [0.15, 0.2) is 0 Å². The molecular formula is C15H21BrN2. The fourth-order valence-electron chi connectivity index (χ4n) is 3.33. The largest absolute Gasteiger partial charge is 0.312 e. The number of piperidine rings is 1. The summed E-state index contributed by atoms with van der Waals surface area (Å²) in [6.07, 6.45) is 2.76. The number of likely N-dealkylation sites (tertiary alicyclic amines) is 1.